The Kier molecular flexibility index (Phi) is 9.44. The van der Waals surface area contributed by atoms with Crippen molar-refractivity contribution in [3.05, 3.63) is 0 Å². The van der Waals surface area contributed by atoms with Gasteiger partial charge in [0.15, 0.2) is 0 Å². The molecule has 0 saturated carbocycles. The van der Waals surface area contributed by atoms with E-state index >= 15 is 0 Å². The van der Waals surface area contributed by atoms with Crippen molar-refractivity contribution in [2.45, 2.75) is 128 Å². The molecule has 0 N–H and O–H groups in total. The maximum atomic E-state index is 13.4. The SMILES string of the molecule is CC(CC1C(=O)OC(=O)C1C(C)(CC1CC(=O)OC1=O)CC(C)(C)CC(C)(C)C)CC(C)(C)CC(C)(C)C. The Labute approximate surface area is 231 Å². The minimum atomic E-state index is -0.711. The fourth-order valence-electron chi connectivity index (χ4n) is 8.65. The molecular formula is C32H54O6. The van der Waals surface area contributed by atoms with Crippen molar-refractivity contribution in [1.82, 2.24) is 0 Å². The van der Waals surface area contributed by atoms with Crippen LogP contribution >= 0.6 is 0 Å². The summed E-state index contributed by atoms with van der Waals surface area (Å²) in [7, 11) is 0. The first-order valence-corrected chi connectivity index (χ1v) is 14.4. The number of cyclic esters (lactones) is 4. The van der Waals surface area contributed by atoms with Crippen molar-refractivity contribution in [3.63, 3.8) is 0 Å². The van der Waals surface area contributed by atoms with E-state index in [4.69, 9.17) is 9.47 Å². The van der Waals surface area contributed by atoms with E-state index in [1.807, 2.05) is 6.92 Å². The monoisotopic (exact) mass is 534 g/mol. The number of rotatable bonds is 11. The van der Waals surface area contributed by atoms with Gasteiger partial charge in [0.2, 0.25) is 0 Å². The summed E-state index contributed by atoms with van der Waals surface area (Å²) in [6, 6.07) is 0. The molecule has 38 heavy (non-hydrogen) atoms. The summed E-state index contributed by atoms with van der Waals surface area (Å²) >= 11 is 0. The molecule has 2 aliphatic rings. The summed E-state index contributed by atoms with van der Waals surface area (Å²) in [5.41, 5.74) is -0.538. The lowest BCUT2D eigenvalue weighted by Crippen LogP contribution is -2.42. The topological polar surface area (TPSA) is 86.7 Å². The maximum absolute atomic E-state index is 13.4. The summed E-state index contributed by atoms with van der Waals surface area (Å²) in [5.74, 6) is -3.61. The van der Waals surface area contributed by atoms with Gasteiger partial charge in [-0.1, -0.05) is 83.1 Å². The summed E-state index contributed by atoms with van der Waals surface area (Å²) in [6.45, 7) is 26.4. The molecule has 5 atom stereocenters. The van der Waals surface area contributed by atoms with Crippen LogP contribution in [0.15, 0.2) is 0 Å². The zero-order chi connectivity index (χ0) is 29.5. The Morgan fingerprint density at radius 2 is 1.24 bits per heavy atom. The van der Waals surface area contributed by atoms with Crippen LogP contribution in [0.3, 0.4) is 0 Å². The molecule has 6 nitrogen and oxygen atoms in total. The van der Waals surface area contributed by atoms with E-state index < -0.39 is 47.0 Å². The van der Waals surface area contributed by atoms with Gasteiger partial charge in [-0.15, -0.1) is 0 Å². The van der Waals surface area contributed by atoms with Crippen molar-refractivity contribution in [2.75, 3.05) is 0 Å². The standard InChI is InChI=1S/C32H54O6/c1-20(15-30(8,9)17-28(2,3)4)13-22-24(27(36)38-26(22)35)32(12,16-21-14-23(33)37-25(21)34)19-31(10,11)18-29(5,6)7/h20-22,24H,13-19H2,1-12H3. The molecule has 0 aromatic rings. The number of ether oxygens (including phenoxy) is 2. The molecule has 0 spiro atoms. The van der Waals surface area contributed by atoms with E-state index in [1.54, 1.807) is 0 Å². The third-order valence-electron chi connectivity index (χ3n) is 8.04. The number of carbonyl (C=O) groups excluding carboxylic acids is 4. The molecule has 2 fully saturated rings. The van der Waals surface area contributed by atoms with Gasteiger partial charge in [0.1, 0.15) is 0 Å². The molecule has 218 valence electrons. The second-order valence-electron chi connectivity index (χ2n) is 16.9. The Morgan fingerprint density at radius 3 is 1.71 bits per heavy atom. The van der Waals surface area contributed by atoms with Gasteiger partial charge >= 0.3 is 23.9 Å². The highest BCUT2D eigenvalue weighted by molar-refractivity contribution is 5.97. The van der Waals surface area contributed by atoms with Gasteiger partial charge in [-0.25, -0.2) is 0 Å². The van der Waals surface area contributed by atoms with E-state index in [9.17, 15) is 19.2 Å². The van der Waals surface area contributed by atoms with Crippen LogP contribution in [-0.2, 0) is 28.7 Å². The fourth-order valence-corrected chi connectivity index (χ4v) is 8.65. The Balaban J connectivity index is 2.40. The van der Waals surface area contributed by atoms with Crippen molar-refractivity contribution in [2.24, 2.45) is 50.7 Å². The summed E-state index contributed by atoms with van der Waals surface area (Å²) in [5, 5.41) is 0. The largest absolute Gasteiger partial charge is 0.393 e. The third-order valence-corrected chi connectivity index (χ3v) is 8.04. The molecule has 0 bridgehead atoms. The van der Waals surface area contributed by atoms with E-state index in [-0.39, 0.29) is 34.0 Å². The quantitative estimate of drug-likeness (QED) is 0.201. The van der Waals surface area contributed by atoms with Crippen LogP contribution in [0.2, 0.25) is 0 Å². The van der Waals surface area contributed by atoms with Gasteiger partial charge in [-0.05, 0) is 71.5 Å². The first-order chi connectivity index (χ1) is 16.9. The predicted octanol–water partition coefficient (Wildman–Crippen LogP) is 7.52. The molecule has 2 saturated heterocycles. The fraction of sp³-hybridized carbons (Fsp3) is 0.875. The normalized spacial score (nSPS) is 25.8. The van der Waals surface area contributed by atoms with Gasteiger partial charge in [-0.3, -0.25) is 19.2 Å². The van der Waals surface area contributed by atoms with Gasteiger partial charge < -0.3 is 9.47 Å². The highest BCUT2D eigenvalue weighted by Gasteiger charge is 2.57. The zero-order valence-electron chi connectivity index (χ0n) is 26.2. The lowest BCUT2D eigenvalue weighted by molar-refractivity contribution is -0.157. The molecule has 0 aliphatic carbocycles. The highest BCUT2D eigenvalue weighted by Crippen LogP contribution is 2.54. The minimum absolute atomic E-state index is 0.0197. The molecule has 0 aromatic carbocycles. The van der Waals surface area contributed by atoms with E-state index in [1.165, 1.54) is 0 Å². The number of hydrogen-bond acceptors (Lipinski definition) is 6. The van der Waals surface area contributed by atoms with Crippen molar-refractivity contribution < 1.29 is 28.7 Å². The third kappa shape index (κ3) is 9.19. The van der Waals surface area contributed by atoms with Crippen LogP contribution in [0.4, 0.5) is 0 Å². The van der Waals surface area contributed by atoms with Crippen LogP contribution in [0.25, 0.3) is 0 Å². The maximum Gasteiger partial charge on any atom is 0.318 e. The number of carbonyl (C=O) groups is 4. The number of hydrogen-bond donors (Lipinski definition) is 0. The Hall–Kier alpha value is -1.72. The van der Waals surface area contributed by atoms with E-state index in [0.717, 1.165) is 19.3 Å². The first-order valence-electron chi connectivity index (χ1n) is 14.4. The minimum Gasteiger partial charge on any atom is -0.393 e. The summed E-state index contributed by atoms with van der Waals surface area (Å²) in [4.78, 5) is 50.9. The van der Waals surface area contributed by atoms with Crippen LogP contribution < -0.4 is 0 Å². The lowest BCUT2D eigenvalue weighted by Gasteiger charge is -2.44. The van der Waals surface area contributed by atoms with Crippen LogP contribution in [0.5, 0.6) is 0 Å². The second-order valence-corrected chi connectivity index (χ2v) is 16.9. The molecule has 0 radical (unpaired) electrons. The average molecular weight is 535 g/mol. The number of esters is 4. The molecule has 0 aromatic heterocycles. The molecule has 2 aliphatic heterocycles. The molecule has 6 heteroatoms. The summed E-state index contributed by atoms with van der Waals surface area (Å²) < 4.78 is 10.2. The van der Waals surface area contributed by atoms with Gasteiger partial charge in [0.05, 0.1) is 24.2 Å². The Bertz CT molecular complexity index is 915. The van der Waals surface area contributed by atoms with Crippen molar-refractivity contribution >= 4 is 23.9 Å². The molecule has 5 unspecified atom stereocenters. The molecule has 2 rings (SSSR count). The van der Waals surface area contributed by atoms with Gasteiger partial charge in [0, 0.05) is 0 Å². The molecule has 0 amide bonds. The van der Waals surface area contributed by atoms with Crippen LogP contribution in [0.1, 0.15) is 128 Å². The smallest absolute Gasteiger partial charge is 0.318 e. The van der Waals surface area contributed by atoms with Crippen molar-refractivity contribution in [3.8, 4) is 0 Å². The first kappa shape index (κ1) is 32.5. The van der Waals surface area contributed by atoms with E-state index in [2.05, 4.69) is 76.2 Å². The van der Waals surface area contributed by atoms with Crippen molar-refractivity contribution in [1.29, 1.82) is 0 Å². The Morgan fingerprint density at radius 1 is 0.711 bits per heavy atom. The zero-order valence-corrected chi connectivity index (χ0v) is 26.2. The van der Waals surface area contributed by atoms with Crippen LogP contribution in [0, 0.1) is 50.7 Å². The molecule has 2 heterocycles. The van der Waals surface area contributed by atoms with Gasteiger partial charge in [-0.2, -0.15) is 0 Å². The van der Waals surface area contributed by atoms with E-state index in [0.29, 0.717) is 19.3 Å². The second kappa shape index (κ2) is 11.0. The lowest BCUT2D eigenvalue weighted by atomic mass is 9.58. The molecular weight excluding hydrogens is 480 g/mol. The summed E-state index contributed by atoms with van der Waals surface area (Å²) in [6.07, 6.45) is 4.42. The highest BCUT2D eigenvalue weighted by atomic mass is 16.6. The van der Waals surface area contributed by atoms with Crippen LogP contribution in [-0.4, -0.2) is 23.9 Å². The van der Waals surface area contributed by atoms with Gasteiger partial charge in [0.25, 0.3) is 0 Å². The average Bonchev–Trinajstić information content (AvgIpc) is 3.06. The predicted molar refractivity (Wildman–Crippen MR) is 149 cm³/mol.